The van der Waals surface area contributed by atoms with Gasteiger partial charge in [-0.25, -0.2) is 4.98 Å². The third kappa shape index (κ3) is 2.29. The summed E-state index contributed by atoms with van der Waals surface area (Å²) in [6.45, 7) is 4.10. The van der Waals surface area contributed by atoms with Gasteiger partial charge in [0.25, 0.3) is 5.56 Å². The molecule has 1 aromatic heterocycles. The minimum atomic E-state index is 0.0758. The molecule has 20 heavy (non-hydrogen) atoms. The van der Waals surface area contributed by atoms with Crippen LogP contribution in [0.1, 0.15) is 16.8 Å². The Balaban J connectivity index is 2.30. The van der Waals surface area contributed by atoms with Crippen LogP contribution in [0.15, 0.2) is 33.0 Å². The molecular weight excluding hydrogens is 288 g/mol. The lowest BCUT2D eigenvalue weighted by Crippen LogP contribution is -2.23. The Morgan fingerprint density at radius 2 is 1.95 bits per heavy atom. The predicted octanol–water partition coefficient (Wildman–Crippen LogP) is 3.22. The van der Waals surface area contributed by atoms with Crippen molar-refractivity contribution >= 4 is 23.5 Å². The first kappa shape index (κ1) is 13.8. The number of aromatic nitrogens is 2. The van der Waals surface area contributed by atoms with Crippen LogP contribution in [0.25, 0.3) is 5.69 Å². The molecule has 0 bridgehead atoms. The number of aryl methyl sites for hydroxylation is 3. The molecule has 0 N–H and O–H groups in total. The van der Waals surface area contributed by atoms with Crippen molar-refractivity contribution in [3.63, 3.8) is 0 Å². The van der Waals surface area contributed by atoms with E-state index in [0.29, 0.717) is 0 Å². The maximum absolute atomic E-state index is 12.8. The SMILES string of the molecule is CSc1nc2c(c(=O)n1-c1cc(C)cc(C)c1)SCC2. The lowest BCUT2D eigenvalue weighted by molar-refractivity contribution is 0.740. The lowest BCUT2D eigenvalue weighted by Gasteiger charge is -2.13. The van der Waals surface area contributed by atoms with E-state index in [9.17, 15) is 4.79 Å². The predicted molar refractivity (Wildman–Crippen MR) is 85.5 cm³/mol. The number of fused-ring (bicyclic) bond motifs is 1. The zero-order valence-corrected chi connectivity index (χ0v) is 13.4. The van der Waals surface area contributed by atoms with Crippen LogP contribution in [0.5, 0.6) is 0 Å². The monoisotopic (exact) mass is 304 g/mol. The van der Waals surface area contributed by atoms with E-state index in [0.717, 1.165) is 44.7 Å². The number of hydrogen-bond donors (Lipinski definition) is 0. The third-order valence-corrected chi connectivity index (χ3v) is 5.06. The molecule has 1 aromatic carbocycles. The van der Waals surface area contributed by atoms with Crippen molar-refractivity contribution < 1.29 is 0 Å². The summed E-state index contributed by atoms with van der Waals surface area (Å²) in [5.74, 6) is 0.961. The van der Waals surface area contributed by atoms with E-state index in [1.807, 2.05) is 18.4 Å². The molecule has 0 amide bonds. The van der Waals surface area contributed by atoms with Gasteiger partial charge in [0.1, 0.15) is 0 Å². The maximum Gasteiger partial charge on any atom is 0.272 e. The number of hydrogen-bond acceptors (Lipinski definition) is 4. The van der Waals surface area contributed by atoms with Crippen molar-refractivity contribution in [3.05, 3.63) is 45.4 Å². The van der Waals surface area contributed by atoms with Crippen LogP contribution in [-0.4, -0.2) is 21.6 Å². The second kappa shape index (κ2) is 5.30. The molecule has 0 unspecified atom stereocenters. The van der Waals surface area contributed by atoms with E-state index in [-0.39, 0.29) is 5.56 Å². The van der Waals surface area contributed by atoms with Gasteiger partial charge in [0, 0.05) is 12.2 Å². The van der Waals surface area contributed by atoms with E-state index >= 15 is 0 Å². The largest absolute Gasteiger partial charge is 0.272 e. The molecule has 1 aliphatic heterocycles. The molecule has 104 valence electrons. The number of nitrogens with zero attached hydrogens (tertiary/aromatic N) is 2. The first-order valence-electron chi connectivity index (χ1n) is 6.51. The van der Waals surface area contributed by atoms with Gasteiger partial charge in [0.05, 0.1) is 16.3 Å². The molecule has 0 spiro atoms. The van der Waals surface area contributed by atoms with Gasteiger partial charge in [0.2, 0.25) is 0 Å². The molecule has 1 aliphatic rings. The average Bonchev–Trinajstić information content (AvgIpc) is 2.85. The standard InChI is InChI=1S/C15H16N2OS2/c1-9-6-10(2)8-11(7-9)17-14(18)13-12(4-5-20-13)16-15(17)19-3/h6-8H,4-5H2,1-3H3. The Hall–Kier alpha value is -1.20. The first-order chi connectivity index (χ1) is 9.60. The number of benzene rings is 1. The molecule has 2 aromatic rings. The summed E-state index contributed by atoms with van der Waals surface area (Å²) in [6, 6.07) is 6.20. The Bertz CT molecular complexity index is 717. The smallest absolute Gasteiger partial charge is 0.268 e. The molecule has 0 saturated carbocycles. The molecule has 0 aliphatic carbocycles. The van der Waals surface area contributed by atoms with E-state index < -0.39 is 0 Å². The highest BCUT2D eigenvalue weighted by Crippen LogP contribution is 2.29. The Morgan fingerprint density at radius 1 is 1.25 bits per heavy atom. The molecule has 0 radical (unpaired) electrons. The fourth-order valence-corrected chi connectivity index (χ4v) is 4.14. The average molecular weight is 304 g/mol. The molecule has 0 saturated heterocycles. The van der Waals surface area contributed by atoms with E-state index in [1.54, 1.807) is 16.3 Å². The highest BCUT2D eigenvalue weighted by Gasteiger charge is 2.22. The van der Waals surface area contributed by atoms with E-state index in [4.69, 9.17) is 0 Å². The lowest BCUT2D eigenvalue weighted by atomic mass is 10.1. The normalized spacial score (nSPS) is 13.6. The quantitative estimate of drug-likeness (QED) is 0.630. The van der Waals surface area contributed by atoms with Gasteiger partial charge in [-0.1, -0.05) is 17.8 Å². The van der Waals surface area contributed by atoms with Gasteiger partial charge in [0.15, 0.2) is 5.16 Å². The second-order valence-electron chi connectivity index (χ2n) is 4.96. The second-order valence-corrected chi connectivity index (χ2v) is 6.84. The minimum absolute atomic E-state index is 0.0758. The van der Waals surface area contributed by atoms with Crippen molar-refractivity contribution in [1.29, 1.82) is 0 Å². The van der Waals surface area contributed by atoms with Gasteiger partial charge in [-0.2, -0.15) is 0 Å². The van der Waals surface area contributed by atoms with Crippen LogP contribution in [0.4, 0.5) is 0 Å². The Morgan fingerprint density at radius 3 is 2.60 bits per heavy atom. The van der Waals surface area contributed by atoms with Crippen LogP contribution in [0.2, 0.25) is 0 Å². The molecular formula is C15H16N2OS2. The molecule has 0 fully saturated rings. The first-order valence-corrected chi connectivity index (χ1v) is 8.72. The van der Waals surface area contributed by atoms with E-state index in [2.05, 4.69) is 24.9 Å². The van der Waals surface area contributed by atoms with Crippen LogP contribution >= 0.6 is 23.5 Å². The van der Waals surface area contributed by atoms with E-state index in [1.165, 1.54) is 11.8 Å². The zero-order valence-electron chi connectivity index (χ0n) is 11.8. The zero-order chi connectivity index (χ0) is 14.3. The summed E-state index contributed by atoms with van der Waals surface area (Å²) in [7, 11) is 0. The van der Waals surface area contributed by atoms with Crippen molar-refractivity contribution in [2.24, 2.45) is 0 Å². The maximum atomic E-state index is 12.8. The molecule has 5 heteroatoms. The molecule has 2 heterocycles. The van der Waals surface area contributed by atoms with Gasteiger partial charge < -0.3 is 0 Å². The Kier molecular flexibility index (Phi) is 3.65. The highest BCUT2D eigenvalue weighted by atomic mass is 32.2. The van der Waals surface area contributed by atoms with Crippen molar-refractivity contribution in [2.45, 2.75) is 30.3 Å². The fraction of sp³-hybridized carbons (Fsp3) is 0.333. The summed E-state index contributed by atoms with van der Waals surface area (Å²) in [4.78, 5) is 18.2. The summed E-state index contributed by atoms with van der Waals surface area (Å²) in [5.41, 5.74) is 4.27. The third-order valence-electron chi connectivity index (χ3n) is 3.31. The van der Waals surface area contributed by atoms with Crippen LogP contribution in [-0.2, 0) is 6.42 Å². The minimum Gasteiger partial charge on any atom is -0.268 e. The van der Waals surface area contributed by atoms with Crippen molar-refractivity contribution in [1.82, 2.24) is 9.55 Å². The summed E-state index contributed by atoms with van der Waals surface area (Å²) in [5, 5.41) is 0.779. The number of rotatable bonds is 2. The summed E-state index contributed by atoms with van der Waals surface area (Å²) >= 11 is 3.15. The Labute approximate surface area is 126 Å². The van der Waals surface area contributed by atoms with Crippen LogP contribution in [0.3, 0.4) is 0 Å². The summed E-state index contributed by atoms with van der Waals surface area (Å²) < 4.78 is 1.75. The fourth-order valence-electron chi connectivity index (χ4n) is 2.54. The van der Waals surface area contributed by atoms with Crippen molar-refractivity contribution in [3.8, 4) is 5.69 Å². The topological polar surface area (TPSA) is 34.9 Å². The van der Waals surface area contributed by atoms with Crippen molar-refractivity contribution in [2.75, 3.05) is 12.0 Å². The van der Waals surface area contributed by atoms with Gasteiger partial charge in [-0.05, 0) is 43.4 Å². The highest BCUT2D eigenvalue weighted by molar-refractivity contribution is 7.99. The van der Waals surface area contributed by atoms with Gasteiger partial charge >= 0.3 is 0 Å². The van der Waals surface area contributed by atoms with Crippen LogP contribution in [0, 0.1) is 13.8 Å². The van der Waals surface area contributed by atoms with Gasteiger partial charge in [-0.15, -0.1) is 11.8 Å². The molecule has 3 nitrogen and oxygen atoms in total. The number of thioether (sulfide) groups is 2. The summed E-state index contributed by atoms with van der Waals surface area (Å²) in [6.07, 6.45) is 2.87. The molecule has 0 atom stereocenters. The van der Waals surface area contributed by atoms with Gasteiger partial charge in [-0.3, -0.25) is 9.36 Å². The molecule has 3 rings (SSSR count). The van der Waals surface area contributed by atoms with Crippen LogP contribution < -0.4 is 5.56 Å².